The smallest absolute Gasteiger partial charge is 0.221 e. The predicted octanol–water partition coefficient (Wildman–Crippen LogP) is 2.01. The molecule has 0 atom stereocenters. The van der Waals surface area contributed by atoms with Crippen LogP contribution in [0.4, 0.5) is 5.69 Å². The van der Waals surface area contributed by atoms with Gasteiger partial charge in [0, 0.05) is 45.5 Å². The van der Waals surface area contributed by atoms with E-state index in [1.54, 1.807) is 0 Å². The Kier molecular flexibility index (Phi) is 6.83. The fourth-order valence-corrected chi connectivity index (χ4v) is 2.76. The van der Waals surface area contributed by atoms with Crippen LogP contribution >= 0.6 is 0 Å². The lowest BCUT2D eigenvalue weighted by Gasteiger charge is -2.32. The van der Waals surface area contributed by atoms with Gasteiger partial charge in [0.05, 0.1) is 6.10 Å². The molecule has 0 aromatic heterocycles. The second-order valence-corrected chi connectivity index (χ2v) is 5.81. The van der Waals surface area contributed by atoms with E-state index in [1.807, 2.05) is 18.2 Å². The fourth-order valence-electron chi connectivity index (χ4n) is 2.76. The number of hydrogen-bond acceptors (Lipinski definition) is 4. The third-order valence-electron chi connectivity index (χ3n) is 3.84. The molecule has 0 aliphatic carbocycles. The van der Waals surface area contributed by atoms with E-state index >= 15 is 0 Å². The quantitative estimate of drug-likeness (QED) is 0.757. The van der Waals surface area contributed by atoms with Gasteiger partial charge in [-0.2, -0.15) is 0 Å². The van der Waals surface area contributed by atoms with Crippen molar-refractivity contribution < 1.29 is 14.6 Å². The van der Waals surface area contributed by atoms with Crippen molar-refractivity contribution in [1.29, 1.82) is 0 Å². The molecule has 1 saturated heterocycles. The summed E-state index contributed by atoms with van der Waals surface area (Å²) in [5.41, 5.74) is 2.07. The molecule has 122 valence electrons. The maximum atomic E-state index is 11.1. The normalized spacial score (nSPS) is 16.6. The molecule has 1 amide bonds. The van der Waals surface area contributed by atoms with Crippen molar-refractivity contribution in [3.8, 4) is 0 Å². The van der Waals surface area contributed by atoms with Gasteiger partial charge in [-0.15, -0.1) is 0 Å². The van der Waals surface area contributed by atoms with Gasteiger partial charge >= 0.3 is 0 Å². The van der Waals surface area contributed by atoms with Crippen LogP contribution in [-0.4, -0.2) is 48.3 Å². The van der Waals surface area contributed by atoms with E-state index in [0.29, 0.717) is 12.7 Å². The average Bonchev–Trinajstić information content (AvgIpc) is 2.49. The first-order chi connectivity index (χ1) is 10.7. The Bertz CT molecular complexity index is 471. The van der Waals surface area contributed by atoms with Gasteiger partial charge in [0.1, 0.15) is 0 Å². The first-order valence-electron chi connectivity index (χ1n) is 7.98. The van der Waals surface area contributed by atoms with E-state index in [1.165, 1.54) is 12.5 Å². The van der Waals surface area contributed by atoms with Crippen LogP contribution in [0.2, 0.25) is 0 Å². The first kappa shape index (κ1) is 16.9. The van der Waals surface area contributed by atoms with Gasteiger partial charge in [-0.1, -0.05) is 12.1 Å². The van der Waals surface area contributed by atoms with Gasteiger partial charge in [0.2, 0.25) is 5.91 Å². The van der Waals surface area contributed by atoms with E-state index in [4.69, 9.17) is 9.84 Å². The Morgan fingerprint density at radius 2 is 2.18 bits per heavy atom. The van der Waals surface area contributed by atoms with Crippen molar-refractivity contribution in [2.45, 2.75) is 38.8 Å². The van der Waals surface area contributed by atoms with Crippen LogP contribution in [0.3, 0.4) is 0 Å². The highest BCUT2D eigenvalue weighted by atomic mass is 16.5. The number of nitrogens with one attached hydrogen (secondary N) is 1. The lowest BCUT2D eigenvalue weighted by Crippen LogP contribution is -2.36. The number of anilines is 1. The number of rotatable bonds is 7. The number of aliphatic hydroxyl groups excluding tert-OH is 1. The van der Waals surface area contributed by atoms with Crippen molar-refractivity contribution in [3.05, 3.63) is 29.8 Å². The predicted molar refractivity (Wildman–Crippen MR) is 86.7 cm³/mol. The maximum absolute atomic E-state index is 11.1. The Labute approximate surface area is 132 Å². The molecule has 1 aromatic carbocycles. The molecule has 2 rings (SSSR count). The highest BCUT2D eigenvalue weighted by Gasteiger charge is 2.19. The largest absolute Gasteiger partial charge is 0.396 e. The number of hydrogen-bond donors (Lipinski definition) is 2. The highest BCUT2D eigenvalue weighted by Crippen LogP contribution is 2.18. The minimum absolute atomic E-state index is 0.0435. The van der Waals surface area contributed by atoms with Crippen LogP contribution in [0.1, 0.15) is 31.7 Å². The summed E-state index contributed by atoms with van der Waals surface area (Å²) in [7, 11) is 0. The standard InChI is InChI=1S/C17H26N2O3/c1-14(21)18-16-5-2-4-15(12-16)13-19-8-6-17(7-9-19)22-11-3-10-20/h2,4-5,12,17,20H,3,6-11,13H2,1H3,(H,18,21). The molecule has 0 bridgehead atoms. The summed E-state index contributed by atoms with van der Waals surface area (Å²) in [5.74, 6) is -0.0435. The third kappa shape index (κ3) is 5.75. The second kappa shape index (κ2) is 8.88. The topological polar surface area (TPSA) is 61.8 Å². The number of carbonyl (C=O) groups is 1. The summed E-state index contributed by atoms with van der Waals surface area (Å²) in [6.45, 7) is 5.32. The number of amides is 1. The molecule has 1 fully saturated rings. The number of benzene rings is 1. The van der Waals surface area contributed by atoms with Gasteiger partial charge in [0.15, 0.2) is 0 Å². The average molecular weight is 306 g/mol. The summed E-state index contributed by atoms with van der Waals surface area (Å²) in [6, 6.07) is 8.01. The van der Waals surface area contributed by atoms with Crippen LogP contribution in [0.5, 0.6) is 0 Å². The summed E-state index contributed by atoms with van der Waals surface area (Å²) >= 11 is 0. The molecular formula is C17H26N2O3. The molecule has 1 aliphatic heterocycles. The number of piperidine rings is 1. The Hall–Kier alpha value is -1.43. The summed E-state index contributed by atoms with van der Waals surface area (Å²) in [6.07, 6.45) is 3.12. The van der Waals surface area contributed by atoms with Crippen LogP contribution in [0.15, 0.2) is 24.3 Å². The molecule has 1 aromatic rings. The Balaban J connectivity index is 1.77. The molecule has 0 saturated carbocycles. The van der Waals surface area contributed by atoms with Crippen LogP contribution in [-0.2, 0) is 16.1 Å². The molecule has 22 heavy (non-hydrogen) atoms. The van der Waals surface area contributed by atoms with Crippen molar-refractivity contribution in [1.82, 2.24) is 4.90 Å². The summed E-state index contributed by atoms with van der Waals surface area (Å²) < 4.78 is 5.75. The zero-order chi connectivity index (χ0) is 15.8. The van der Waals surface area contributed by atoms with Crippen molar-refractivity contribution in [2.24, 2.45) is 0 Å². The van der Waals surface area contributed by atoms with E-state index in [-0.39, 0.29) is 12.5 Å². The Morgan fingerprint density at radius 1 is 1.41 bits per heavy atom. The summed E-state index contributed by atoms with van der Waals surface area (Å²) in [4.78, 5) is 13.5. The van der Waals surface area contributed by atoms with Crippen molar-refractivity contribution >= 4 is 11.6 Å². The molecule has 5 heteroatoms. The maximum Gasteiger partial charge on any atom is 0.221 e. The highest BCUT2D eigenvalue weighted by molar-refractivity contribution is 5.88. The van der Waals surface area contributed by atoms with Crippen molar-refractivity contribution in [2.75, 3.05) is 31.6 Å². The van der Waals surface area contributed by atoms with Gasteiger partial charge in [-0.05, 0) is 37.0 Å². The number of likely N-dealkylation sites (tertiary alicyclic amines) is 1. The number of ether oxygens (including phenoxy) is 1. The lowest BCUT2D eigenvalue weighted by atomic mass is 10.1. The molecule has 0 unspecified atom stereocenters. The van der Waals surface area contributed by atoms with Crippen molar-refractivity contribution in [3.63, 3.8) is 0 Å². The van der Waals surface area contributed by atoms with Crippen LogP contribution in [0.25, 0.3) is 0 Å². The number of aliphatic hydroxyl groups is 1. The fraction of sp³-hybridized carbons (Fsp3) is 0.588. The van der Waals surface area contributed by atoms with E-state index in [9.17, 15) is 4.79 Å². The minimum Gasteiger partial charge on any atom is -0.396 e. The van der Waals surface area contributed by atoms with E-state index in [2.05, 4.69) is 16.3 Å². The monoisotopic (exact) mass is 306 g/mol. The molecule has 1 aliphatic rings. The Morgan fingerprint density at radius 3 is 2.86 bits per heavy atom. The molecule has 0 radical (unpaired) electrons. The number of carbonyl (C=O) groups excluding carboxylic acids is 1. The first-order valence-corrected chi connectivity index (χ1v) is 7.98. The van der Waals surface area contributed by atoms with Gasteiger partial charge in [0.25, 0.3) is 0 Å². The van der Waals surface area contributed by atoms with Crippen LogP contribution in [0, 0.1) is 0 Å². The van der Waals surface area contributed by atoms with E-state index in [0.717, 1.165) is 44.6 Å². The SMILES string of the molecule is CC(=O)Nc1cccc(CN2CCC(OCCCO)CC2)c1. The minimum atomic E-state index is -0.0435. The molecule has 1 heterocycles. The van der Waals surface area contributed by atoms with Gasteiger partial charge in [-0.25, -0.2) is 0 Å². The second-order valence-electron chi connectivity index (χ2n) is 5.81. The van der Waals surface area contributed by atoms with E-state index < -0.39 is 0 Å². The molecule has 2 N–H and O–H groups in total. The molecular weight excluding hydrogens is 280 g/mol. The van der Waals surface area contributed by atoms with Gasteiger partial charge < -0.3 is 15.2 Å². The lowest BCUT2D eigenvalue weighted by molar-refractivity contribution is -0.114. The van der Waals surface area contributed by atoms with Crippen LogP contribution < -0.4 is 5.32 Å². The zero-order valence-corrected chi connectivity index (χ0v) is 13.3. The van der Waals surface area contributed by atoms with Gasteiger partial charge in [-0.3, -0.25) is 9.69 Å². The number of nitrogens with zero attached hydrogens (tertiary/aromatic N) is 1. The summed E-state index contributed by atoms with van der Waals surface area (Å²) in [5, 5.41) is 11.6. The molecule has 5 nitrogen and oxygen atoms in total. The zero-order valence-electron chi connectivity index (χ0n) is 13.3. The molecule has 0 spiro atoms. The third-order valence-corrected chi connectivity index (χ3v) is 3.84.